The van der Waals surface area contributed by atoms with Gasteiger partial charge in [-0.1, -0.05) is 12.1 Å². The van der Waals surface area contributed by atoms with E-state index in [0.29, 0.717) is 5.69 Å². The first-order valence-electron chi connectivity index (χ1n) is 7.25. The predicted molar refractivity (Wildman–Crippen MR) is 86.1 cm³/mol. The molecule has 7 nitrogen and oxygen atoms in total. The summed E-state index contributed by atoms with van der Waals surface area (Å²) in [5.74, 6) is 0.105. The molecule has 0 saturated heterocycles. The molecule has 0 aliphatic carbocycles. The standard InChI is InChI=1S/C16H20N4O3/c1-11-4-3-5-14(12(11)2)23-7-6-16(22)19-13-8-18-20(9-13)10-15(17)21/h3-5,8-9H,6-7,10H2,1-2H3,(H2,17,21)(H,19,22). The molecule has 0 fully saturated rings. The lowest BCUT2D eigenvalue weighted by Gasteiger charge is -2.10. The minimum absolute atomic E-state index is 0.0222. The predicted octanol–water partition coefficient (Wildman–Crippen LogP) is 1.39. The topological polar surface area (TPSA) is 99.2 Å². The normalized spacial score (nSPS) is 10.3. The number of nitrogens with zero attached hydrogens (tertiary/aromatic N) is 2. The second-order valence-electron chi connectivity index (χ2n) is 5.24. The number of carbonyl (C=O) groups excluding carboxylic acids is 2. The maximum absolute atomic E-state index is 11.9. The Morgan fingerprint density at radius 1 is 1.35 bits per heavy atom. The Balaban J connectivity index is 1.80. The van der Waals surface area contributed by atoms with E-state index in [1.54, 1.807) is 6.20 Å². The van der Waals surface area contributed by atoms with Crippen molar-refractivity contribution < 1.29 is 14.3 Å². The zero-order chi connectivity index (χ0) is 16.8. The molecule has 2 rings (SSSR count). The number of hydrogen-bond acceptors (Lipinski definition) is 4. The highest BCUT2D eigenvalue weighted by Gasteiger charge is 2.07. The minimum Gasteiger partial charge on any atom is -0.493 e. The molecule has 0 spiro atoms. The Hall–Kier alpha value is -2.83. The lowest BCUT2D eigenvalue weighted by Crippen LogP contribution is -2.19. The van der Waals surface area contributed by atoms with Crippen molar-refractivity contribution in [2.45, 2.75) is 26.8 Å². The van der Waals surface area contributed by atoms with Crippen molar-refractivity contribution in [2.24, 2.45) is 5.73 Å². The van der Waals surface area contributed by atoms with E-state index in [2.05, 4.69) is 10.4 Å². The van der Waals surface area contributed by atoms with E-state index in [0.717, 1.165) is 16.9 Å². The van der Waals surface area contributed by atoms with Crippen molar-refractivity contribution in [3.63, 3.8) is 0 Å². The molecule has 0 saturated carbocycles. The number of carbonyl (C=O) groups is 2. The van der Waals surface area contributed by atoms with Crippen LogP contribution in [0.5, 0.6) is 5.75 Å². The van der Waals surface area contributed by atoms with Crippen LogP contribution >= 0.6 is 0 Å². The van der Waals surface area contributed by atoms with Gasteiger partial charge in [0.05, 0.1) is 24.9 Å². The quantitative estimate of drug-likeness (QED) is 0.806. The van der Waals surface area contributed by atoms with Gasteiger partial charge >= 0.3 is 0 Å². The van der Waals surface area contributed by atoms with Crippen molar-refractivity contribution in [2.75, 3.05) is 11.9 Å². The maximum Gasteiger partial charge on any atom is 0.239 e. The van der Waals surface area contributed by atoms with Gasteiger partial charge in [0.25, 0.3) is 0 Å². The molecule has 0 aliphatic heterocycles. The monoisotopic (exact) mass is 316 g/mol. The average molecular weight is 316 g/mol. The van der Waals surface area contributed by atoms with Gasteiger partial charge in [-0.15, -0.1) is 0 Å². The number of aromatic nitrogens is 2. The Kier molecular flexibility index (Phi) is 5.35. The SMILES string of the molecule is Cc1cccc(OCCC(=O)Nc2cnn(CC(N)=O)c2)c1C. The summed E-state index contributed by atoms with van der Waals surface area (Å²) >= 11 is 0. The number of benzene rings is 1. The number of nitrogens with one attached hydrogen (secondary N) is 1. The number of aryl methyl sites for hydroxylation is 1. The van der Waals surface area contributed by atoms with Crippen molar-refractivity contribution in [3.05, 3.63) is 41.7 Å². The van der Waals surface area contributed by atoms with Crippen LogP contribution in [0.2, 0.25) is 0 Å². The molecule has 0 atom stereocenters. The lowest BCUT2D eigenvalue weighted by molar-refractivity contribution is -0.119. The third-order valence-electron chi connectivity index (χ3n) is 3.38. The van der Waals surface area contributed by atoms with E-state index in [1.165, 1.54) is 10.9 Å². The molecule has 2 aromatic rings. The highest BCUT2D eigenvalue weighted by Crippen LogP contribution is 2.20. The van der Waals surface area contributed by atoms with Crippen molar-refractivity contribution in [3.8, 4) is 5.75 Å². The summed E-state index contributed by atoms with van der Waals surface area (Å²) in [6.07, 6.45) is 3.23. The second kappa shape index (κ2) is 7.44. The summed E-state index contributed by atoms with van der Waals surface area (Å²) in [6.45, 7) is 4.26. The zero-order valence-corrected chi connectivity index (χ0v) is 13.2. The van der Waals surface area contributed by atoms with Gasteiger partial charge in [-0.3, -0.25) is 14.3 Å². The molecular formula is C16H20N4O3. The Morgan fingerprint density at radius 2 is 2.13 bits per heavy atom. The largest absolute Gasteiger partial charge is 0.493 e. The fourth-order valence-corrected chi connectivity index (χ4v) is 2.03. The number of ether oxygens (including phenoxy) is 1. The molecular weight excluding hydrogens is 296 g/mol. The van der Waals surface area contributed by atoms with E-state index in [-0.39, 0.29) is 25.5 Å². The fourth-order valence-electron chi connectivity index (χ4n) is 2.03. The van der Waals surface area contributed by atoms with Crippen LogP contribution in [-0.4, -0.2) is 28.2 Å². The first kappa shape index (κ1) is 16.5. The van der Waals surface area contributed by atoms with Gasteiger partial charge in [0.2, 0.25) is 11.8 Å². The van der Waals surface area contributed by atoms with Gasteiger partial charge in [-0.25, -0.2) is 0 Å². The maximum atomic E-state index is 11.9. The molecule has 0 radical (unpaired) electrons. The first-order chi connectivity index (χ1) is 11.0. The second-order valence-corrected chi connectivity index (χ2v) is 5.24. The van der Waals surface area contributed by atoms with Crippen LogP contribution < -0.4 is 15.8 Å². The number of amides is 2. The summed E-state index contributed by atoms with van der Waals surface area (Å²) in [6, 6.07) is 5.82. The van der Waals surface area contributed by atoms with E-state index < -0.39 is 5.91 Å². The Morgan fingerprint density at radius 3 is 2.87 bits per heavy atom. The number of rotatable bonds is 7. The fraction of sp³-hybridized carbons (Fsp3) is 0.312. The van der Waals surface area contributed by atoms with E-state index in [1.807, 2.05) is 32.0 Å². The lowest BCUT2D eigenvalue weighted by atomic mass is 10.1. The minimum atomic E-state index is -0.493. The Labute approximate surface area is 134 Å². The molecule has 0 unspecified atom stereocenters. The molecule has 2 amide bonds. The van der Waals surface area contributed by atoms with Crippen molar-refractivity contribution in [1.29, 1.82) is 0 Å². The van der Waals surface area contributed by atoms with Crippen LogP contribution in [0.4, 0.5) is 5.69 Å². The molecule has 7 heteroatoms. The first-order valence-corrected chi connectivity index (χ1v) is 7.25. The van der Waals surface area contributed by atoms with Crippen molar-refractivity contribution in [1.82, 2.24) is 9.78 Å². The molecule has 23 heavy (non-hydrogen) atoms. The third kappa shape index (κ3) is 4.84. The van der Waals surface area contributed by atoms with Crippen molar-refractivity contribution >= 4 is 17.5 Å². The average Bonchev–Trinajstić information content (AvgIpc) is 2.89. The van der Waals surface area contributed by atoms with E-state index >= 15 is 0 Å². The molecule has 3 N–H and O–H groups in total. The van der Waals surface area contributed by atoms with Gasteiger partial charge in [0.1, 0.15) is 12.3 Å². The van der Waals surface area contributed by atoms with E-state index in [9.17, 15) is 9.59 Å². The number of anilines is 1. The molecule has 1 aromatic carbocycles. The highest BCUT2D eigenvalue weighted by molar-refractivity contribution is 5.90. The van der Waals surface area contributed by atoms with Crippen LogP contribution in [-0.2, 0) is 16.1 Å². The summed E-state index contributed by atoms with van der Waals surface area (Å²) in [5.41, 5.74) is 7.81. The number of nitrogens with two attached hydrogens (primary N) is 1. The summed E-state index contributed by atoms with van der Waals surface area (Å²) in [5, 5.41) is 6.62. The van der Waals surface area contributed by atoms with Crippen LogP contribution in [0.1, 0.15) is 17.5 Å². The highest BCUT2D eigenvalue weighted by atomic mass is 16.5. The van der Waals surface area contributed by atoms with Crippen LogP contribution in [0, 0.1) is 13.8 Å². The molecule has 1 heterocycles. The molecule has 0 bridgehead atoms. The van der Waals surface area contributed by atoms with E-state index in [4.69, 9.17) is 10.5 Å². The molecule has 122 valence electrons. The number of hydrogen-bond donors (Lipinski definition) is 2. The van der Waals surface area contributed by atoms with Crippen LogP contribution in [0.25, 0.3) is 0 Å². The van der Waals surface area contributed by atoms with Gasteiger partial charge in [-0.2, -0.15) is 5.10 Å². The summed E-state index contributed by atoms with van der Waals surface area (Å²) in [4.78, 5) is 22.7. The summed E-state index contributed by atoms with van der Waals surface area (Å²) < 4.78 is 7.01. The van der Waals surface area contributed by atoms with Crippen LogP contribution in [0.3, 0.4) is 0 Å². The van der Waals surface area contributed by atoms with Gasteiger partial charge < -0.3 is 15.8 Å². The Bertz CT molecular complexity index is 709. The molecule has 0 aliphatic rings. The van der Waals surface area contributed by atoms with Crippen LogP contribution in [0.15, 0.2) is 30.6 Å². The smallest absolute Gasteiger partial charge is 0.239 e. The number of primary amides is 1. The molecule has 1 aromatic heterocycles. The van der Waals surface area contributed by atoms with Gasteiger partial charge in [0.15, 0.2) is 0 Å². The van der Waals surface area contributed by atoms with Gasteiger partial charge in [-0.05, 0) is 31.0 Å². The van der Waals surface area contributed by atoms with Gasteiger partial charge in [0, 0.05) is 6.20 Å². The third-order valence-corrected chi connectivity index (χ3v) is 3.38. The zero-order valence-electron chi connectivity index (χ0n) is 13.2. The summed E-state index contributed by atoms with van der Waals surface area (Å²) in [7, 11) is 0.